The van der Waals surface area contributed by atoms with Crippen LogP contribution in [0.2, 0.25) is 5.02 Å². The maximum Gasteiger partial charge on any atom is 0.291 e. The molecular formula is C42H53ClN8O2. The standard InChI is InChI=1S/C42H53ClN8O2/c1-26-16-18-29(19-17-26)51-23-21-37-35(25-51)45-40(49(37)4)42(53)47-33-15-9-13-31(38(33)43)30-12-8-14-32(27(30)2)46-41(52)39-44-34-24-50(22-20-36(34)48(39)3)28-10-6-5-7-11-28/h8-9,12-15,26,28-29H,5-7,10-11,16-25H2,1-4H3,(H,46,52)(H,47,53). The summed E-state index contributed by atoms with van der Waals surface area (Å²) < 4.78 is 3.92. The number of anilines is 2. The lowest BCUT2D eigenvalue weighted by atomic mass is 9.86. The predicted octanol–water partition coefficient (Wildman–Crippen LogP) is 7.91. The van der Waals surface area contributed by atoms with Crippen molar-refractivity contribution in [3.8, 4) is 11.1 Å². The molecule has 4 aliphatic rings. The average molecular weight is 737 g/mol. The van der Waals surface area contributed by atoms with E-state index in [4.69, 9.17) is 21.6 Å². The van der Waals surface area contributed by atoms with Gasteiger partial charge in [-0.05, 0) is 74.6 Å². The number of aromatic nitrogens is 4. The summed E-state index contributed by atoms with van der Waals surface area (Å²) in [6, 6.07) is 12.7. The summed E-state index contributed by atoms with van der Waals surface area (Å²) in [5.74, 6) is 1.13. The van der Waals surface area contributed by atoms with Crippen LogP contribution >= 0.6 is 11.6 Å². The Labute approximate surface area is 318 Å². The van der Waals surface area contributed by atoms with Crippen LogP contribution in [0.15, 0.2) is 36.4 Å². The summed E-state index contributed by atoms with van der Waals surface area (Å²) in [6.07, 6.45) is 13.3. The van der Waals surface area contributed by atoms with E-state index < -0.39 is 0 Å². The van der Waals surface area contributed by atoms with Crippen molar-refractivity contribution in [2.45, 2.75) is 110 Å². The molecule has 2 N–H and O–H groups in total. The van der Waals surface area contributed by atoms with Gasteiger partial charge >= 0.3 is 0 Å². The van der Waals surface area contributed by atoms with Crippen LogP contribution < -0.4 is 10.6 Å². The molecular weight excluding hydrogens is 684 g/mol. The van der Waals surface area contributed by atoms with E-state index in [1.165, 1.54) is 57.8 Å². The van der Waals surface area contributed by atoms with E-state index in [0.29, 0.717) is 40.1 Å². The van der Waals surface area contributed by atoms with Crippen molar-refractivity contribution in [1.82, 2.24) is 28.9 Å². The lowest BCUT2D eigenvalue weighted by Crippen LogP contribution is -2.41. The maximum atomic E-state index is 13.7. The Balaban J connectivity index is 0.967. The highest BCUT2D eigenvalue weighted by atomic mass is 35.5. The molecule has 2 aromatic heterocycles. The molecule has 2 amide bonds. The largest absolute Gasteiger partial charge is 0.327 e. The summed E-state index contributed by atoms with van der Waals surface area (Å²) >= 11 is 7.05. The average Bonchev–Trinajstić information content (AvgIpc) is 3.69. The SMILES string of the molecule is Cc1c(NC(=O)c2nc3c(n2C)CCN(C2CCCCC2)C3)cccc1-c1cccc(NC(=O)c2nc3c(n2C)CCN(C2CCC(C)CC2)C3)c1Cl. The number of nitrogens with zero attached hydrogens (tertiary/aromatic N) is 6. The van der Waals surface area contributed by atoms with Gasteiger partial charge in [0.15, 0.2) is 11.6 Å². The minimum absolute atomic E-state index is 0.229. The fourth-order valence-corrected chi connectivity index (χ4v) is 9.71. The monoisotopic (exact) mass is 736 g/mol. The Morgan fingerprint density at radius 2 is 1.21 bits per heavy atom. The topological polar surface area (TPSA) is 100 Å². The third-order valence-corrected chi connectivity index (χ3v) is 13.1. The van der Waals surface area contributed by atoms with Gasteiger partial charge in [-0.15, -0.1) is 0 Å². The molecule has 280 valence electrons. The zero-order valence-corrected chi connectivity index (χ0v) is 32.4. The Morgan fingerprint density at radius 1 is 0.698 bits per heavy atom. The first-order valence-corrected chi connectivity index (χ1v) is 20.1. The van der Waals surface area contributed by atoms with Crippen molar-refractivity contribution in [2.24, 2.45) is 20.0 Å². The number of fused-ring (bicyclic) bond motifs is 2. The van der Waals surface area contributed by atoms with Gasteiger partial charge < -0.3 is 19.8 Å². The van der Waals surface area contributed by atoms with Crippen LogP contribution in [0, 0.1) is 12.8 Å². The Bertz CT molecular complexity index is 2020. The van der Waals surface area contributed by atoms with Crippen LogP contribution in [0.25, 0.3) is 11.1 Å². The summed E-state index contributed by atoms with van der Waals surface area (Å²) in [6.45, 7) is 7.95. The van der Waals surface area contributed by atoms with Gasteiger partial charge in [0.1, 0.15) is 0 Å². The molecule has 0 saturated heterocycles. The Hall–Kier alpha value is -3.99. The van der Waals surface area contributed by atoms with E-state index in [0.717, 1.165) is 84.4 Å². The number of hydrogen-bond donors (Lipinski definition) is 2. The molecule has 8 rings (SSSR count). The summed E-state index contributed by atoms with van der Waals surface area (Å²) in [5.41, 5.74) is 8.04. The number of carbonyl (C=O) groups excluding carboxylic acids is 2. The molecule has 2 aliphatic heterocycles. The molecule has 0 spiro atoms. The third kappa shape index (κ3) is 7.06. The van der Waals surface area contributed by atoms with Gasteiger partial charge in [0.2, 0.25) is 0 Å². The second kappa shape index (κ2) is 15.0. The van der Waals surface area contributed by atoms with E-state index in [-0.39, 0.29) is 11.8 Å². The van der Waals surface area contributed by atoms with Crippen molar-refractivity contribution >= 4 is 34.8 Å². The number of benzene rings is 2. The number of imidazole rings is 2. The Kier molecular flexibility index (Phi) is 10.2. The number of rotatable bonds is 7. The molecule has 4 aromatic rings. The van der Waals surface area contributed by atoms with Gasteiger partial charge in [-0.3, -0.25) is 19.4 Å². The highest BCUT2D eigenvalue weighted by Crippen LogP contribution is 2.38. The molecule has 53 heavy (non-hydrogen) atoms. The number of carbonyl (C=O) groups is 2. The van der Waals surface area contributed by atoms with Crippen molar-refractivity contribution in [3.05, 3.63) is 81.4 Å². The molecule has 10 nitrogen and oxygen atoms in total. The highest BCUT2D eigenvalue weighted by Gasteiger charge is 2.32. The first kappa shape index (κ1) is 36.0. The zero-order chi connectivity index (χ0) is 36.8. The molecule has 4 heterocycles. The number of hydrogen-bond acceptors (Lipinski definition) is 6. The molecule has 0 radical (unpaired) electrons. The highest BCUT2D eigenvalue weighted by molar-refractivity contribution is 6.36. The van der Waals surface area contributed by atoms with Crippen molar-refractivity contribution in [3.63, 3.8) is 0 Å². The second-order valence-electron chi connectivity index (χ2n) is 16.0. The van der Waals surface area contributed by atoms with Crippen LogP contribution in [0.3, 0.4) is 0 Å². The third-order valence-electron chi connectivity index (χ3n) is 12.7. The molecule has 0 atom stereocenters. The van der Waals surface area contributed by atoms with Crippen LogP contribution in [0.5, 0.6) is 0 Å². The summed E-state index contributed by atoms with van der Waals surface area (Å²) in [5, 5.41) is 6.63. The first-order chi connectivity index (χ1) is 25.7. The lowest BCUT2D eigenvalue weighted by molar-refractivity contribution is 0.100. The van der Waals surface area contributed by atoms with Crippen molar-refractivity contribution in [1.29, 1.82) is 0 Å². The van der Waals surface area contributed by atoms with Crippen molar-refractivity contribution in [2.75, 3.05) is 23.7 Å². The lowest BCUT2D eigenvalue weighted by Gasteiger charge is -2.38. The second-order valence-corrected chi connectivity index (χ2v) is 16.4. The molecule has 2 aliphatic carbocycles. The molecule has 2 aromatic carbocycles. The molecule has 11 heteroatoms. The van der Waals surface area contributed by atoms with E-state index in [1.807, 2.05) is 66.6 Å². The van der Waals surface area contributed by atoms with Crippen LogP contribution in [-0.2, 0) is 40.0 Å². The van der Waals surface area contributed by atoms with Gasteiger partial charge in [-0.2, -0.15) is 0 Å². The quantitative estimate of drug-likeness (QED) is 0.200. The summed E-state index contributed by atoms with van der Waals surface area (Å²) in [7, 11) is 3.89. The molecule has 2 fully saturated rings. The van der Waals surface area contributed by atoms with Gasteiger partial charge in [0.25, 0.3) is 11.8 Å². The fourth-order valence-electron chi connectivity index (χ4n) is 9.44. The van der Waals surface area contributed by atoms with Gasteiger partial charge in [-0.1, -0.05) is 62.1 Å². The number of halogens is 1. The number of nitrogens with one attached hydrogen (secondary N) is 2. The minimum atomic E-state index is -0.281. The van der Waals surface area contributed by atoms with Crippen molar-refractivity contribution < 1.29 is 9.59 Å². The van der Waals surface area contributed by atoms with Gasteiger partial charge in [-0.25, -0.2) is 9.97 Å². The van der Waals surface area contributed by atoms with Crippen LogP contribution in [0.4, 0.5) is 11.4 Å². The van der Waals surface area contributed by atoms with E-state index in [2.05, 4.69) is 27.4 Å². The van der Waals surface area contributed by atoms with E-state index in [1.54, 1.807) is 0 Å². The zero-order valence-electron chi connectivity index (χ0n) is 31.7. The van der Waals surface area contributed by atoms with Gasteiger partial charge in [0.05, 0.1) is 22.1 Å². The minimum Gasteiger partial charge on any atom is -0.327 e. The molecule has 0 unspecified atom stereocenters. The fraction of sp³-hybridized carbons (Fsp3) is 0.524. The number of amides is 2. The molecule has 0 bridgehead atoms. The van der Waals surface area contributed by atoms with Crippen LogP contribution in [0.1, 0.15) is 114 Å². The normalized spacial score (nSPS) is 21.2. The first-order valence-electron chi connectivity index (χ1n) is 19.7. The van der Waals surface area contributed by atoms with Gasteiger partial charge in [0, 0.05) is 87.8 Å². The van der Waals surface area contributed by atoms with Crippen LogP contribution in [-0.4, -0.2) is 65.9 Å². The maximum absolute atomic E-state index is 13.7. The smallest absolute Gasteiger partial charge is 0.291 e. The van der Waals surface area contributed by atoms with E-state index in [9.17, 15) is 9.59 Å². The predicted molar refractivity (Wildman–Crippen MR) is 210 cm³/mol. The Morgan fingerprint density at radius 3 is 1.79 bits per heavy atom. The summed E-state index contributed by atoms with van der Waals surface area (Å²) in [4.78, 5) is 42.3. The molecule has 2 saturated carbocycles. The van der Waals surface area contributed by atoms with E-state index >= 15 is 0 Å².